The smallest absolute Gasteiger partial charge is 0.177 e. The fourth-order valence-electron chi connectivity index (χ4n) is 4.60. The van der Waals surface area contributed by atoms with Crippen molar-refractivity contribution in [3.63, 3.8) is 0 Å². The van der Waals surface area contributed by atoms with Gasteiger partial charge in [-0.1, -0.05) is 17.7 Å². The normalized spacial score (nSPS) is 31.1. The van der Waals surface area contributed by atoms with Crippen LogP contribution in [-0.2, 0) is 11.2 Å². The van der Waals surface area contributed by atoms with Crippen molar-refractivity contribution in [2.75, 3.05) is 0 Å². The Hall–Kier alpha value is -1.61. The molecule has 1 saturated carbocycles. The number of halogens is 1. The number of ketones is 1. The molecule has 0 amide bonds. The average molecular weight is 285 g/mol. The third-order valence-electron chi connectivity index (χ3n) is 5.47. The second-order valence-electron chi connectivity index (χ2n) is 6.37. The first-order valence-electron chi connectivity index (χ1n) is 7.09. The number of carbonyl (C=O) groups is 1. The van der Waals surface area contributed by atoms with E-state index in [-0.39, 0.29) is 17.1 Å². The summed E-state index contributed by atoms with van der Waals surface area (Å²) in [4.78, 5) is 12.3. The van der Waals surface area contributed by atoms with Crippen LogP contribution < -0.4 is 0 Å². The van der Waals surface area contributed by atoms with Gasteiger partial charge < -0.3 is 0 Å². The second kappa shape index (κ2) is 3.34. The Kier molecular flexibility index (Phi) is 1.85. The molecule has 2 aromatic rings. The van der Waals surface area contributed by atoms with Crippen LogP contribution in [-0.4, -0.2) is 16.0 Å². The molecule has 1 aromatic carbocycles. The van der Waals surface area contributed by atoms with Crippen molar-refractivity contribution in [3.8, 4) is 0 Å². The van der Waals surface area contributed by atoms with E-state index in [2.05, 4.69) is 16.3 Å². The van der Waals surface area contributed by atoms with Gasteiger partial charge in [-0.05, 0) is 48.4 Å². The van der Waals surface area contributed by atoms with Crippen LogP contribution in [0, 0.1) is 11.3 Å². The summed E-state index contributed by atoms with van der Waals surface area (Å²) in [6, 6.07) is 4.15. The topological polar surface area (TPSA) is 45.8 Å². The number of nitrogens with zero attached hydrogens (tertiary/aromatic N) is 1. The summed E-state index contributed by atoms with van der Waals surface area (Å²) in [6.07, 6.45) is 5.95. The van der Waals surface area contributed by atoms with Crippen molar-refractivity contribution in [2.24, 2.45) is 11.3 Å². The van der Waals surface area contributed by atoms with Gasteiger partial charge in [0.05, 0.1) is 16.7 Å². The Labute approximate surface area is 121 Å². The zero-order chi connectivity index (χ0) is 13.5. The molecule has 3 aliphatic rings. The number of hydrogen-bond acceptors (Lipinski definition) is 2. The Morgan fingerprint density at radius 2 is 2.30 bits per heavy atom. The summed E-state index contributed by atoms with van der Waals surface area (Å²) < 4.78 is 0. The first kappa shape index (κ1) is 11.1. The molecule has 1 fully saturated rings. The lowest BCUT2D eigenvalue weighted by Gasteiger charge is -2.30. The molecule has 2 unspecified atom stereocenters. The van der Waals surface area contributed by atoms with Crippen molar-refractivity contribution >= 4 is 33.9 Å². The third kappa shape index (κ3) is 1.10. The van der Waals surface area contributed by atoms with E-state index in [1.54, 1.807) is 0 Å². The number of hydrogen-bond donors (Lipinski definition) is 1. The SMILES string of the molecule is O=C1C(Cl)=C2c3ccc4[nH]ncc4c3CC23CCC1C3. The molecule has 3 nitrogen and oxygen atoms in total. The Morgan fingerprint density at radius 1 is 1.40 bits per heavy atom. The van der Waals surface area contributed by atoms with Crippen LogP contribution in [0.25, 0.3) is 16.5 Å². The van der Waals surface area contributed by atoms with E-state index in [1.807, 2.05) is 12.3 Å². The number of fused-ring (bicyclic) bond motifs is 5. The molecular weight excluding hydrogens is 272 g/mol. The van der Waals surface area contributed by atoms with Crippen molar-refractivity contribution in [3.05, 3.63) is 34.5 Å². The van der Waals surface area contributed by atoms with Gasteiger partial charge in [0.1, 0.15) is 0 Å². The summed E-state index contributed by atoms with van der Waals surface area (Å²) >= 11 is 6.45. The molecule has 0 saturated heterocycles. The minimum absolute atomic E-state index is 0.115. The zero-order valence-electron chi connectivity index (χ0n) is 10.9. The van der Waals surface area contributed by atoms with E-state index < -0.39 is 0 Å². The van der Waals surface area contributed by atoms with Crippen molar-refractivity contribution < 1.29 is 4.79 Å². The molecule has 0 radical (unpaired) electrons. The number of Topliss-reactive ketones (excluding diaryl/α,β-unsaturated/α-hetero) is 1. The summed E-state index contributed by atoms with van der Waals surface area (Å²) in [6.45, 7) is 0. The number of aromatic nitrogens is 2. The van der Waals surface area contributed by atoms with Crippen LogP contribution in [0.1, 0.15) is 30.4 Å². The predicted molar refractivity (Wildman–Crippen MR) is 77.4 cm³/mol. The highest BCUT2D eigenvalue weighted by molar-refractivity contribution is 6.46. The van der Waals surface area contributed by atoms with Crippen LogP contribution in [0.3, 0.4) is 0 Å². The lowest BCUT2D eigenvalue weighted by Crippen LogP contribution is -2.25. The second-order valence-corrected chi connectivity index (χ2v) is 6.75. The monoisotopic (exact) mass is 284 g/mol. The molecule has 1 heterocycles. The van der Waals surface area contributed by atoms with Gasteiger partial charge in [0.2, 0.25) is 0 Å². The molecule has 0 aliphatic heterocycles. The standard InChI is InChI=1S/C16H13ClN2O/c17-14-13-9-1-2-12-11(7-18-19-12)10(9)6-16(13)4-3-8(5-16)15(14)20/h1-2,7-8H,3-6H2,(H,18,19). The first-order chi connectivity index (χ1) is 9.70. The largest absolute Gasteiger partial charge is 0.293 e. The van der Waals surface area contributed by atoms with Crippen molar-refractivity contribution in [1.82, 2.24) is 10.2 Å². The van der Waals surface area contributed by atoms with E-state index >= 15 is 0 Å². The molecule has 2 bridgehead atoms. The van der Waals surface area contributed by atoms with Gasteiger partial charge in [0, 0.05) is 16.7 Å². The molecule has 5 rings (SSSR count). The highest BCUT2D eigenvalue weighted by Crippen LogP contribution is 2.63. The van der Waals surface area contributed by atoms with Gasteiger partial charge >= 0.3 is 0 Å². The van der Waals surface area contributed by atoms with Crippen LogP contribution >= 0.6 is 11.6 Å². The van der Waals surface area contributed by atoms with Crippen molar-refractivity contribution in [2.45, 2.75) is 25.7 Å². The summed E-state index contributed by atoms with van der Waals surface area (Å²) in [7, 11) is 0. The maximum Gasteiger partial charge on any atom is 0.177 e. The molecule has 1 spiro atoms. The van der Waals surface area contributed by atoms with Gasteiger partial charge in [-0.2, -0.15) is 5.10 Å². The number of aromatic amines is 1. The maximum atomic E-state index is 12.3. The number of rotatable bonds is 0. The molecule has 4 heteroatoms. The molecule has 100 valence electrons. The fraction of sp³-hybridized carbons (Fsp3) is 0.375. The Morgan fingerprint density at radius 3 is 3.20 bits per heavy atom. The van der Waals surface area contributed by atoms with Crippen LogP contribution in [0.5, 0.6) is 0 Å². The maximum absolute atomic E-state index is 12.3. The van der Waals surface area contributed by atoms with E-state index in [4.69, 9.17) is 11.6 Å². The average Bonchev–Trinajstić information content (AvgIpc) is 3.11. The van der Waals surface area contributed by atoms with E-state index in [0.29, 0.717) is 5.03 Å². The van der Waals surface area contributed by atoms with E-state index in [9.17, 15) is 4.79 Å². The van der Waals surface area contributed by atoms with Crippen LogP contribution in [0.4, 0.5) is 0 Å². The quantitative estimate of drug-likeness (QED) is 0.805. The summed E-state index contributed by atoms with van der Waals surface area (Å²) in [5.41, 5.74) is 4.80. The number of H-pyrrole nitrogens is 1. The lowest BCUT2D eigenvalue weighted by molar-refractivity contribution is -0.118. The molecule has 1 aromatic heterocycles. The minimum atomic E-state index is 0.115. The highest BCUT2D eigenvalue weighted by atomic mass is 35.5. The summed E-state index contributed by atoms with van der Waals surface area (Å²) in [5, 5.41) is 8.85. The van der Waals surface area contributed by atoms with E-state index in [0.717, 1.165) is 36.8 Å². The van der Waals surface area contributed by atoms with Gasteiger partial charge in [-0.15, -0.1) is 0 Å². The highest BCUT2D eigenvalue weighted by Gasteiger charge is 2.54. The van der Waals surface area contributed by atoms with Crippen molar-refractivity contribution in [1.29, 1.82) is 0 Å². The lowest BCUT2D eigenvalue weighted by atomic mass is 9.74. The molecule has 2 atom stereocenters. The van der Waals surface area contributed by atoms with E-state index in [1.165, 1.54) is 16.5 Å². The van der Waals surface area contributed by atoms with Gasteiger partial charge in [0.25, 0.3) is 0 Å². The summed E-state index contributed by atoms with van der Waals surface area (Å²) in [5.74, 6) is 0.315. The number of allylic oxidation sites excluding steroid dienone is 2. The van der Waals surface area contributed by atoms with Gasteiger partial charge in [0.15, 0.2) is 5.78 Å². The molecule has 3 aliphatic carbocycles. The minimum Gasteiger partial charge on any atom is -0.293 e. The third-order valence-corrected chi connectivity index (χ3v) is 5.84. The fourth-order valence-corrected chi connectivity index (χ4v) is 5.06. The Bertz CT molecular complexity index is 819. The van der Waals surface area contributed by atoms with Crippen LogP contribution in [0.15, 0.2) is 23.4 Å². The first-order valence-corrected chi connectivity index (χ1v) is 7.47. The number of carbonyl (C=O) groups excluding carboxylic acids is 1. The molecule has 1 N–H and O–H groups in total. The van der Waals surface area contributed by atoms with Crippen LogP contribution in [0.2, 0.25) is 0 Å². The number of nitrogens with one attached hydrogen (secondary N) is 1. The van der Waals surface area contributed by atoms with Gasteiger partial charge in [-0.25, -0.2) is 0 Å². The predicted octanol–water partition coefficient (Wildman–Crippen LogP) is 3.44. The zero-order valence-corrected chi connectivity index (χ0v) is 11.6. The Balaban J connectivity index is 1.88. The molecule has 20 heavy (non-hydrogen) atoms. The van der Waals surface area contributed by atoms with Gasteiger partial charge in [-0.3, -0.25) is 9.89 Å². The number of benzene rings is 1. The molecular formula is C16H13ClN2O.